The van der Waals surface area contributed by atoms with Crippen LogP contribution in [0.3, 0.4) is 0 Å². The number of aromatic amines is 1. The van der Waals surface area contributed by atoms with E-state index < -0.39 is 17.6 Å². The van der Waals surface area contributed by atoms with Crippen molar-refractivity contribution in [3.63, 3.8) is 0 Å². The third-order valence-electron chi connectivity index (χ3n) is 9.90. The number of esters is 1. The molecule has 1 saturated carbocycles. The van der Waals surface area contributed by atoms with Gasteiger partial charge in [-0.25, -0.2) is 24.9 Å². The Morgan fingerprint density at radius 1 is 1.06 bits per heavy atom. The molecule has 4 aromatic heterocycles. The van der Waals surface area contributed by atoms with Gasteiger partial charge in [-0.15, -0.1) is 0 Å². The van der Waals surface area contributed by atoms with E-state index >= 15 is 0 Å². The number of halogens is 3. The van der Waals surface area contributed by atoms with Crippen LogP contribution < -0.4 is 14.5 Å². The summed E-state index contributed by atoms with van der Waals surface area (Å²) >= 11 is 0. The number of nitrogens with one attached hydrogen (secondary N) is 1. The standard InChI is InChI=1S/C36H46F3N9O4/c1-6-51-30(49)9-12-47-13-14-48(20-23(47)3)29-19-40-27(18-41-29)32-44-31-28(46(4)21-35(22-50-5)10-8-11-35)16-26(43-33(31)45-32)24-15-25(36(37,38)39)34(42-17-24)52-7-2/h15-19,23H,6-14,20-22H2,1-5H3,(H,43,44,45)/t23-/m0/s1. The van der Waals surface area contributed by atoms with E-state index in [0.29, 0.717) is 61.1 Å². The largest absolute Gasteiger partial charge is 0.478 e. The van der Waals surface area contributed by atoms with Crippen LogP contribution in [0.1, 0.15) is 52.0 Å². The molecule has 2 fully saturated rings. The number of carbonyl (C=O) groups is 1. The normalized spacial score (nSPS) is 17.6. The van der Waals surface area contributed by atoms with Gasteiger partial charge >= 0.3 is 12.1 Å². The van der Waals surface area contributed by atoms with E-state index in [9.17, 15) is 18.0 Å². The Labute approximate surface area is 300 Å². The lowest BCUT2D eigenvalue weighted by Crippen LogP contribution is -2.52. The van der Waals surface area contributed by atoms with Gasteiger partial charge in [0.25, 0.3) is 0 Å². The predicted octanol–water partition coefficient (Wildman–Crippen LogP) is 5.61. The van der Waals surface area contributed by atoms with Crippen molar-refractivity contribution in [3.8, 4) is 28.7 Å². The van der Waals surface area contributed by atoms with Crippen molar-refractivity contribution in [1.82, 2.24) is 34.8 Å². The van der Waals surface area contributed by atoms with Gasteiger partial charge in [0.05, 0.1) is 50.0 Å². The van der Waals surface area contributed by atoms with Crippen LogP contribution in [0.25, 0.3) is 33.9 Å². The maximum absolute atomic E-state index is 14.1. The Hall–Kier alpha value is -4.57. The molecule has 4 aromatic rings. The topological polar surface area (TPSA) is 135 Å². The molecule has 1 atom stereocenters. The Morgan fingerprint density at radius 2 is 1.87 bits per heavy atom. The van der Waals surface area contributed by atoms with Gasteiger partial charge in [-0.1, -0.05) is 6.42 Å². The molecule has 280 valence electrons. The van der Waals surface area contributed by atoms with Crippen LogP contribution in [0.15, 0.2) is 30.7 Å². The summed E-state index contributed by atoms with van der Waals surface area (Å²) in [5.74, 6) is 0.496. The zero-order valence-corrected chi connectivity index (χ0v) is 30.3. The summed E-state index contributed by atoms with van der Waals surface area (Å²) in [6.45, 7) is 10.1. The molecule has 5 heterocycles. The van der Waals surface area contributed by atoms with E-state index in [1.807, 2.05) is 7.05 Å². The molecule has 0 unspecified atom stereocenters. The molecule has 13 nitrogen and oxygen atoms in total. The van der Waals surface area contributed by atoms with Gasteiger partial charge in [-0.2, -0.15) is 13.2 Å². The minimum atomic E-state index is -4.67. The van der Waals surface area contributed by atoms with Crippen LogP contribution in [-0.2, 0) is 20.4 Å². The average molecular weight is 726 g/mol. The number of anilines is 2. The van der Waals surface area contributed by atoms with Crippen molar-refractivity contribution in [1.29, 1.82) is 0 Å². The molecule has 1 saturated heterocycles. The molecule has 6 rings (SSSR count). The van der Waals surface area contributed by atoms with Gasteiger partial charge in [0.2, 0.25) is 5.88 Å². The predicted molar refractivity (Wildman–Crippen MR) is 190 cm³/mol. The number of hydrogen-bond donors (Lipinski definition) is 1. The Kier molecular flexibility index (Phi) is 11.1. The monoisotopic (exact) mass is 725 g/mol. The van der Waals surface area contributed by atoms with E-state index in [0.717, 1.165) is 56.5 Å². The summed E-state index contributed by atoms with van der Waals surface area (Å²) in [5.41, 5.74) is 1.65. The lowest BCUT2D eigenvalue weighted by atomic mass is 9.69. The second-order valence-corrected chi connectivity index (χ2v) is 13.6. The van der Waals surface area contributed by atoms with Gasteiger partial charge < -0.3 is 29.0 Å². The fraction of sp³-hybridized carbons (Fsp3) is 0.556. The second-order valence-electron chi connectivity index (χ2n) is 13.6. The number of imidazole rings is 1. The van der Waals surface area contributed by atoms with Crippen molar-refractivity contribution in [2.45, 2.75) is 58.7 Å². The summed E-state index contributed by atoms with van der Waals surface area (Å²) in [4.78, 5) is 44.6. The quantitative estimate of drug-likeness (QED) is 0.162. The zero-order chi connectivity index (χ0) is 37.0. The molecule has 52 heavy (non-hydrogen) atoms. The van der Waals surface area contributed by atoms with Crippen LogP contribution in [0.2, 0.25) is 0 Å². The number of aromatic nitrogens is 6. The minimum Gasteiger partial charge on any atom is -0.478 e. The minimum absolute atomic E-state index is 0.0303. The summed E-state index contributed by atoms with van der Waals surface area (Å²) in [7, 11) is 3.65. The highest BCUT2D eigenvalue weighted by Gasteiger charge is 2.39. The molecule has 1 aliphatic carbocycles. The van der Waals surface area contributed by atoms with E-state index in [2.05, 4.69) is 31.6 Å². The fourth-order valence-corrected chi connectivity index (χ4v) is 7.12. The number of carbonyl (C=O) groups excluding carboxylic acids is 1. The molecular weight excluding hydrogens is 679 g/mol. The zero-order valence-electron chi connectivity index (χ0n) is 30.3. The van der Waals surface area contributed by atoms with Gasteiger partial charge in [-0.05, 0) is 45.7 Å². The third-order valence-corrected chi connectivity index (χ3v) is 9.90. The number of piperazine rings is 1. The maximum atomic E-state index is 14.1. The lowest BCUT2D eigenvalue weighted by Gasteiger charge is -2.44. The SMILES string of the molecule is CCOC(=O)CCN1CCN(c2cnc(-c3nc4nc(-c5cnc(OCC)c(C(F)(F)F)c5)cc(N(C)CC5(COC)CCC5)c4[nH]3)cn2)C[C@@H]1C. The fourth-order valence-electron chi connectivity index (χ4n) is 7.12. The summed E-state index contributed by atoms with van der Waals surface area (Å²) in [6, 6.07) is 2.99. The smallest absolute Gasteiger partial charge is 0.421 e. The highest BCUT2D eigenvalue weighted by molar-refractivity contribution is 5.91. The highest BCUT2D eigenvalue weighted by Crippen LogP contribution is 2.44. The van der Waals surface area contributed by atoms with Crippen LogP contribution >= 0.6 is 0 Å². The Morgan fingerprint density at radius 3 is 2.50 bits per heavy atom. The molecule has 0 amide bonds. The first-order valence-electron chi connectivity index (χ1n) is 17.7. The first kappa shape index (κ1) is 37.2. The molecule has 0 spiro atoms. The van der Waals surface area contributed by atoms with Crippen LogP contribution in [0, 0.1) is 5.41 Å². The van der Waals surface area contributed by atoms with Crippen molar-refractivity contribution in [3.05, 3.63) is 36.3 Å². The molecule has 0 aromatic carbocycles. The van der Waals surface area contributed by atoms with Crippen molar-refractivity contribution in [2.24, 2.45) is 5.41 Å². The van der Waals surface area contributed by atoms with E-state index in [4.69, 9.17) is 34.1 Å². The Balaban J connectivity index is 1.29. The second kappa shape index (κ2) is 15.6. The van der Waals surface area contributed by atoms with E-state index in [1.54, 1.807) is 39.4 Å². The molecule has 16 heteroatoms. The highest BCUT2D eigenvalue weighted by atomic mass is 19.4. The van der Waals surface area contributed by atoms with Crippen molar-refractivity contribution < 1.29 is 32.2 Å². The van der Waals surface area contributed by atoms with Crippen LogP contribution in [0.4, 0.5) is 24.7 Å². The van der Waals surface area contributed by atoms with Gasteiger partial charge in [0.15, 0.2) is 11.5 Å². The first-order valence-corrected chi connectivity index (χ1v) is 17.7. The molecule has 2 aliphatic rings. The molecular formula is C36H46F3N9O4. The average Bonchev–Trinajstić information content (AvgIpc) is 3.54. The number of rotatable bonds is 14. The van der Waals surface area contributed by atoms with Gasteiger partial charge in [0.1, 0.15) is 22.6 Å². The first-order chi connectivity index (χ1) is 24.9. The summed E-state index contributed by atoms with van der Waals surface area (Å²) < 4.78 is 58.1. The third kappa shape index (κ3) is 8.07. The van der Waals surface area contributed by atoms with Crippen LogP contribution in [-0.4, -0.2) is 114 Å². The molecule has 1 N–H and O–H groups in total. The number of methoxy groups -OCH3 is 1. The number of ether oxygens (including phenoxy) is 3. The van der Waals surface area contributed by atoms with Crippen molar-refractivity contribution >= 4 is 28.6 Å². The van der Waals surface area contributed by atoms with Crippen molar-refractivity contribution in [2.75, 3.05) is 76.5 Å². The Bertz CT molecular complexity index is 1850. The number of nitrogens with zero attached hydrogens (tertiary/aromatic N) is 8. The maximum Gasteiger partial charge on any atom is 0.421 e. The number of pyridine rings is 2. The number of H-pyrrole nitrogens is 1. The number of hydrogen-bond acceptors (Lipinski definition) is 12. The number of alkyl halides is 3. The van der Waals surface area contributed by atoms with E-state index in [-0.39, 0.29) is 29.6 Å². The molecule has 0 radical (unpaired) electrons. The summed E-state index contributed by atoms with van der Waals surface area (Å²) in [5, 5.41) is 0. The molecule has 1 aliphatic heterocycles. The van der Waals surface area contributed by atoms with Crippen LogP contribution in [0.5, 0.6) is 5.88 Å². The van der Waals surface area contributed by atoms with Gasteiger partial charge in [-0.3, -0.25) is 9.69 Å². The summed E-state index contributed by atoms with van der Waals surface area (Å²) in [6.07, 6.45) is 3.54. The van der Waals surface area contributed by atoms with E-state index in [1.165, 1.54) is 6.20 Å². The van der Waals surface area contributed by atoms with Gasteiger partial charge in [0, 0.05) is 70.1 Å². The lowest BCUT2D eigenvalue weighted by molar-refractivity contribution is -0.143. The molecule has 0 bridgehead atoms. The number of fused-ring (bicyclic) bond motifs is 1.